The van der Waals surface area contributed by atoms with E-state index in [9.17, 15) is 4.79 Å². The smallest absolute Gasteiger partial charge is 0.356 e. The molecule has 5 nitrogen and oxygen atoms in total. The molecule has 0 amide bonds. The second-order valence-electron chi connectivity index (χ2n) is 2.88. The van der Waals surface area contributed by atoms with Gasteiger partial charge in [-0.1, -0.05) is 6.07 Å². The zero-order valence-corrected chi connectivity index (χ0v) is 8.60. The summed E-state index contributed by atoms with van der Waals surface area (Å²) in [7, 11) is 1.54. The number of nitrogens with two attached hydrogens (primary N) is 1. The summed E-state index contributed by atoms with van der Waals surface area (Å²) in [5, 5.41) is 0. The van der Waals surface area contributed by atoms with E-state index in [0.29, 0.717) is 13.2 Å². The topological polar surface area (TPSA) is 74.4 Å². The molecule has 0 spiro atoms. The van der Waals surface area contributed by atoms with Crippen LogP contribution in [0.3, 0.4) is 0 Å². The molecule has 0 aliphatic carbocycles. The van der Waals surface area contributed by atoms with Gasteiger partial charge >= 0.3 is 5.97 Å². The second kappa shape index (κ2) is 6.10. The number of pyridine rings is 1. The normalized spacial score (nSPS) is 10.0. The lowest BCUT2D eigenvalue weighted by atomic mass is 10.2. The van der Waals surface area contributed by atoms with Gasteiger partial charge in [0.25, 0.3) is 0 Å². The monoisotopic (exact) mass is 210 g/mol. The average molecular weight is 210 g/mol. The van der Waals surface area contributed by atoms with Crippen LogP contribution in [0.5, 0.6) is 0 Å². The number of ether oxygens (including phenoxy) is 2. The number of hydrogen-bond acceptors (Lipinski definition) is 5. The third-order valence-electron chi connectivity index (χ3n) is 1.79. The highest BCUT2D eigenvalue weighted by Crippen LogP contribution is 2.01. The molecule has 0 radical (unpaired) electrons. The summed E-state index contributed by atoms with van der Waals surface area (Å²) in [5.41, 5.74) is 6.56. The Morgan fingerprint density at radius 2 is 2.27 bits per heavy atom. The Bertz CT molecular complexity index is 311. The van der Waals surface area contributed by atoms with Gasteiger partial charge in [0.05, 0.1) is 6.61 Å². The van der Waals surface area contributed by atoms with Gasteiger partial charge in [0.1, 0.15) is 12.3 Å². The zero-order valence-electron chi connectivity index (χ0n) is 8.60. The molecule has 2 N–H and O–H groups in total. The SMILES string of the molecule is COCCOC(=O)c1ccc(CN)cn1. The highest BCUT2D eigenvalue weighted by atomic mass is 16.6. The first-order valence-electron chi connectivity index (χ1n) is 4.59. The Balaban J connectivity index is 2.50. The highest BCUT2D eigenvalue weighted by Gasteiger charge is 2.07. The van der Waals surface area contributed by atoms with Gasteiger partial charge in [0.2, 0.25) is 0 Å². The Labute approximate surface area is 88.2 Å². The lowest BCUT2D eigenvalue weighted by Crippen LogP contribution is -2.11. The van der Waals surface area contributed by atoms with Crippen LogP contribution >= 0.6 is 0 Å². The van der Waals surface area contributed by atoms with Crippen molar-refractivity contribution >= 4 is 5.97 Å². The van der Waals surface area contributed by atoms with Gasteiger partial charge in [-0.25, -0.2) is 9.78 Å². The molecule has 1 aromatic heterocycles. The molecule has 0 unspecified atom stereocenters. The Morgan fingerprint density at radius 3 is 2.80 bits per heavy atom. The summed E-state index contributed by atoms with van der Waals surface area (Å²) in [4.78, 5) is 15.3. The van der Waals surface area contributed by atoms with Crippen LogP contribution < -0.4 is 5.73 Å². The van der Waals surface area contributed by atoms with Crippen LogP contribution in [0.25, 0.3) is 0 Å². The van der Waals surface area contributed by atoms with Crippen molar-refractivity contribution in [1.29, 1.82) is 0 Å². The largest absolute Gasteiger partial charge is 0.459 e. The maximum atomic E-state index is 11.3. The van der Waals surface area contributed by atoms with Crippen LogP contribution in [0.4, 0.5) is 0 Å². The maximum absolute atomic E-state index is 11.3. The van der Waals surface area contributed by atoms with Gasteiger partial charge in [0, 0.05) is 19.9 Å². The fourth-order valence-electron chi connectivity index (χ4n) is 0.958. The summed E-state index contributed by atoms with van der Waals surface area (Å²) in [6, 6.07) is 3.34. The number of hydrogen-bond donors (Lipinski definition) is 1. The maximum Gasteiger partial charge on any atom is 0.356 e. The van der Waals surface area contributed by atoms with Crippen LogP contribution in [0.1, 0.15) is 16.1 Å². The van der Waals surface area contributed by atoms with Crippen molar-refractivity contribution in [2.45, 2.75) is 6.54 Å². The molecule has 0 bridgehead atoms. The minimum absolute atomic E-state index is 0.232. The third kappa shape index (κ3) is 3.65. The van der Waals surface area contributed by atoms with Crippen molar-refractivity contribution in [3.05, 3.63) is 29.6 Å². The number of aromatic nitrogens is 1. The van der Waals surface area contributed by atoms with E-state index in [2.05, 4.69) is 4.98 Å². The van der Waals surface area contributed by atoms with Gasteiger partial charge in [0.15, 0.2) is 0 Å². The fraction of sp³-hybridized carbons (Fsp3) is 0.400. The van der Waals surface area contributed by atoms with Gasteiger partial charge in [-0.15, -0.1) is 0 Å². The molecule has 0 fully saturated rings. The first-order valence-corrected chi connectivity index (χ1v) is 4.59. The lowest BCUT2D eigenvalue weighted by Gasteiger charge is -2.03. The summed E-state index contributed by atoms with van der Waals surface area (Å²) in [5.74, 6) is -0.448. The predicted molar refractivity (Wildman–Crippen MR) is 54.3 cm³/mol. The first kappa shape index (κ1) is 11.6. The van der Waals surface area contributed by atoms with Crippen LogP contribution in [0.15, 0.2) is 18.3 Å². The molecule has 0 aliphatic rings. The van der Waals surface area contributed by atoms with Crippen LogP contribution in [-0.4, -0.2) is 31.3 Å². The quantitative estimate of drug-likeness (QED) is 0.560. The molecule has 0 aliphatic heterocycles. The summed E-state index contributed by atoms with van der Waals surface area (Å²) in [6.07, 6.45) is 1.56. The minimum Gasteiger partial charge on any atom is -0.459 e. The number of nitrogens with zero attached hydrogens (tertiary/aromatic N) is 1. The lowest BCUT2D eigenvalue weighted by molar-refractivity contribution is 0.0381. The summed E-state index contributed by atoms with van der Waals surface area (Å²) >= 11 is 0. The minimum atomic E-state index is -0.448. The van der Waals surface area contributed by atoms with E-state index in [4.69, 9.17) is 15.2 Å². The molecular formula is C10H14N2O3. The zero-order chi connectivity index (χ0) is 11.1. The second-order valence-corrected chi connectivity index (χ2v) is 2.88. The van der Waals surface area contributed by atoms with E-state index in [0.717, 1.165) is 5.56 Å². The number of carbonyl (C=O) groups excluding carboxylic acids is 1. The Morgan fingerprint density at radius 1 is 1.47 bits per heavy atom. The number of esters is 1. The van der Waals surface area contributed by atoms with Crippen molar-refractivity contribution in [3.63, 3.8) is 0 Å². The van der Waals surface area contributed by atoms with Crippen molar-refractivity contribution in [2.24, 2.45) is 5.73 Å². The molecule has 0 saturated heterocycles. The number of carbonyl (C=O) groups is 1. The standard InChI is InChI=1S/C10H14N2O3/c1-14-4-5-15-10(13)9-3-2-8(6-11)7-12-9/h2-3,7H,4-6,11H2,1H3. The number of methoxy groups -OCH3 is 1. The van der Waals surface area contributed by atoms with Crippen molar-refractivity contribution in [3.8, 4) is 0 Å². The van der Waals surface area contributed by atoms with Gasteiger partial charge in [-0.05, 0) is 11.6 Å². The Kier molecular flexibility index (Phi) is 4.73. The summed E-state index contributed by atoms with van der Waals surface area (Å²) < 4.78 is 9.63. The van der Waals surface area contributed by atoms with Crippen molar-refractivity contribution in [1.82, 2.24) is 4.98 Å². The molecule has 0 saturated carbocycles. The highest BCUT2D eigenvalue weighted by molar-refractivity contribution is 5.87. The molecule has 15 heavy (non-hydrogen) atoms. The molecular weight excluding hydrogens is 196 g/mol. The average Bonchev–Trinajstić information content (AvgIpc) is 2.29. The van der Waals surface area contributed by atoms with E-state index in [-0.39, 0.29) is 12.3 Å². The van der Waals surface area contributed by atoms with E-state index in [1.807, 2.05) is 0 Å². The van der Waals surface area contributed by atoms with Crippen LogP contribution in [-0.2, 0) is 16.0 Å². The van der Waals surface area contributed by atoms with E-state index in [1.54, 1.807) is 25.4 Å². The van der Waals surface area contributed by atoms with Gasteiger partial charge in [-0.3, -0.25) is 0 Å². The van der Waals surface area contributed by atoms with Crippen LogP contribution in [0, 0.1) is 0 Å². The molecule has 1 aromatic rings. The van der Waals surface area contributed by atoms with Crippen LogP contribution in [0.2, 0.25) is 0 Å². The van der Waals surface area contributed by atoms with Crippen molar-refractivity contribution < 1.29 is 14.3 Å². The summed E-state index contributed by atoms with van der Waals surface area (Å²) in [6.45, 7) is 1.02. The Hall–Kier alpha value is -1.46. The van der Waals surface area contributed by atoms with E-state index >= 15 is 0 Å². The van der Waals surface area contributed by atoms with Crippen molar-refractivity contribution in [2.75, 3.05) is 20.3 Å². The van der Waals surface area contributed by atoms with Gasteiger partial charge < -0.3 is 15.2 Å². The molecule has 82 valence electrons. The first-order chi connectivity index (χ1) is 7.27. The predicted octanol–water partition coefficient (Wildman–Crippen LogP) is 0.344. The molecule has 0 atom stereocenters. The fourth-order valence-corrected chi connectivity index (χ4v) is 0.958. The van der Waals surface area contributed by atoms with Gasteiger partial charge in [-0.2, -0.15) is 0 Å². The molecule has 5 heteroatoms. The van der Waals surface area contributed by atoms with E-state index < -0.39 is 5.97 Å². The molecule has 1 rings (SSSR count). The number of rotatable bonds is 5. The molecule has 1 heterocycles. The molecule has 0 aromatic carbocycles. The van der Waals surface area contributed by atoms with E-state index in [1.165, 1.54) is 0 Å². The third-order valence-corrected chi connectivity index (χ3v) is 1.79.